The molecule has 0 saturated heterocycles. The minimum absolute atomic E-state index is 0.0639. The van der Waals surface area contributed by atoms with Gasteiger partial charge in [-0.2, -0.15) is 0 Å². The number of pyridine rings is 2. The number of hydrogen-bond donors (Lipinski definition) is 1. The summed E-state index contributed by atoms with van der Waals surface area (Å²) in [6.45, 7) is 0.680. The van der Waals surface area contributed by atoms with Crippen molar-refractivity contribution < 1.29 is 4.92 Å². The third kappa shape index (κ3) is 2.87. The van der Waals surface area contributed by atoms with E-state index in [0.717, 1.165) is 28.8 Å². The van der Waals surface area contributed by atoms with E-state index in [4.69, 9.17) is 0 Å². The van der Waals surface area contributed by atoms with Gasteiger partial charge in [0.15, 0.2) is 0 Å². The Morgan fingerprint density at radius 2 is 2.08 bits per heavy atom. The van der Waals surface area contributed by atoms with Crippen molar-refractivity contribution in [1.29, 1.82) is 0 Å². The average molecular weight is 333 g/mol. The van der Waals surface area contributed by atoms with Gasteiger partial charge in [-0.25, -0.2) is 4.98 Å². The van der Waals surface area contributed by atoms with Crippen LogP contribution in [0.5, 0.6) is 0 Å². The summed E-state index contributed by atoms with van der Waals surface area (Å²) in [5, 5.41) is 15.8. The number of aromatic nitrogens is 3. The molecule has 0 saturated carbocycles. The average Bonchev–Trinajstić information content (AvgIpc) is 3.04. The van der Waals surface area contributed by atoms with E-state index in [-0.39, 0.29) is 10.6 Å². The molecule has 0 radical (unpaired) electrons. The number of hydrogen-bond acceptors (Lipinski definition) is 5. The van der Waals surface area contributed by atoms with Crippen LogP contribution in [-0.4, -0.2) is 25.8 Å². The number of nitrogens with one attached hydrogen (secondary N) is 1. The summed E-state index contributed by atoms with van der Waals surface area (Å²) in [7, 11) is 0. The van der Waals surface area contributed by atoms with Gasteiger partial charge in [0.25, 0.3) is 5.69 Å². The lowest BCUT2D eigenvalue weighted by Gasteiger charge is -2.09. The van der Waals surface area contributed by atoms with Crippen molar-refractivity contribution in [3.05, 3.63) is 77.0 Å². The highest BCUT2D eigenvalue weighted by molar-refractivity contribution is 5.99. The maximum atomic E-state index is 11.2. The normalized spacial score (nSPS) is 11.0. The van der Waals surface area contributed by atoms with Crippen LogP contribution in [0.4, 0.5) is 11.4 Å². The summed E-state index contributed by atoms with van der Waals surface area (Å²) in [5.74, 6) is 0. The first-order chi connectivity index (χ1) is 12.2. The fourth-order valence-corrected chi connectivity index (χ4v) is 2.92. The molecular weight excluding hydrogens is 318 g/mol. The van der Waals surface area contributed by atoms with Gasteiger partial charge in [-0.15, -0.1) is 0 Å². The van der Waals surface area contributed by atoms with Crippen LogP contribution in [0.15, 0.2) is 61.2 Å². The summed E-state index contributed by atoms with van der Waals surface area (Å²) >= 11 is 0. The van der Waals surface area contributed by atoms with Gasteiger partial charge in [0.2, 0.25) is 0 Å². The van der Waals surface area contributed by atoms with Crippen molar-refractivity contribution in [1.82, 2.24) is 14.4 Å². The van der Waals surface area contributed by atoms with E-state index in [9.17, 15) is 10.1 Å². The van der Waals surface area contributed by atoms with Gasteiger partial charge < -0.3 is 9.72 Å². The Labute approximate surface area is 143 Å². The quantitative estimate of drug-likeness (QED) is 0.446. The smallest absolute Gasteiger partial charge is 0.278 e. The van der Waals surface area contributed by atoms with Crippen molar-refractivity contribution >= 4 is 27.8 Å². The predicted octanol–water partition coefficient (Wildman–Crippen LogP) is 3.45. The third-order valence-corrected chi connectivity index (χ3v) is 4.10. The van der Waals surface area contributed by atoms with Gasteiger partial charge >= 0.3 is 0 Å². The molecule has 0 aliphatic carbocycles. The Kier molecular flexibility index (Phi) is 3.74. The Morgan fingerprint density at radius 1 is 1.16 bits per heavy atom. The fourth-order valence-electron chi connectivity index (χ4n) is 2.92. The Morgan fingerprint density at radius 3 is 2.92 bits per heavy atom. The van der Waals surface area contributed by atoms with Crippen LogP contribution in [0.2, 0.25) is 0 Å². The highest BCUT2D eigenvalue weighted by Gasteiger charge is 2.14. The molecule has 0 bridgehead atoms. The molecule has 4 rings (SSSR count). The van der Waals surface area contributed by atoms with Crippen LogP contribution in [0, 0.1) is 10.1 Å². The SMILES string of the molecule is O=[N+]([O-])c1ccc(NCCc2cn3ccccc3n2)c2ccncc12. The zero-order valence-corrected chi connectivity index (χ0v) is 13.3. The number of nitrogens with zero attached hydrogens (tertiary/aromatic N) is 4. The molecule has 0 aliphatic rings. The van der Waals surface area contributed by atoms with Crippen LogP contribution in [0.3, 0.4) is 0 Å². The molecule has 1 N–H and O–H groups in total. The summed E-state index contributed by atoms with van der Waals surface area (Å²) in [4.78, 5) is 19.3. The van der Waals surface area contributed by atoms with Gasteiger partial charge in [0, 0.05) is 54.9 Å². The molecule has 0 atom stereocenters. The van der Waals surface area contributed by atoms with E-state index in [1.54, 1.807) is 18.3 Å². The lowest BCUT2D eigenvalue weighted by molar-refractivity contribution is -0.383. The predicted molar refractivity (Wildman–Crippen MR) is 95.8 cm³/mol. The maximum Gasteiger partial charge on any atom is 0.278 e. The second-order valence-electron chi connectivity index (χ2n) is 5.69. The van der Waals surface area contributed by atoms with Crippen LogP contribution in [0.1, 0.15) is 5.69 Å². The van der Waals surface area contributed by atoms with E-state index in [1.165, 1.54) is 12.3 Å². The van der Waals surface area contributed by atoms with Crippen molar-refractivity contribution in [3.63, 3.8) is 0 Å². The Hall–Kier alpha value is -3.48. The second-order valence-corrected chi connectivity index (χ2v) is 5.69. The molecule has 7 nitrogen and oxygen atoms in total. The van der Waals surface area contributed by atoms with Crippen molar-refractivity contribution in [2.75, 3.05) is 11.9 Å². The fraction of sp³-hybridized carbons (Fsp3) is 0.111. The lowest BCUT2D eigenvalue weighted by atomic mass is 10.1. The molecule has 0 fully saturated rings. The molecule has 1 aromatic carbocycles. The van der Waals surface area contributed by atoms with Gasteiger partial charge in [0.05, 0.1) is 16.0 Å². The molecule has 0 spiro atoms. The number of anilines is 1. The summed E-state index contributed by atoms with van der Waals surface area (Å²) in [5.41, 5.74) is 2.83. The molecule has 124 valence electrons. The molecule has 0 aliphatic heterocycles. The maximum absolute atomic E-state index is 11.2. The molecule has 7 heteroatoms. The number of fused-ring (bicyclic) bond motifs is 2. The standard InChI is InChI=1S/C18H15N5O2/c24-23(25)17-5-4-16(14-7-8-19-11-15(14)17)20-9-6-13-12-22-10-2-1-3-18(22)21-13/h1-5,7-8,10-12,20H,6,9H2. The van der Waals surface area contributed by atoms with Gasteiger partial charge in [-0.3, -0.25) is 15.1 Å². The molecule has 0 unspecified atom stereocenters. The zero-order valence-electron chi connectivity index (χ0n) is 13.3. The number of non-ortho nitro benzene ring substituents is 1. The van der Waals surface area contributed by atoms with Crippen LogP contribution in [0.25, 0.3) is 16.4 Å². The van der Waals surface area contributed by atoms with E-state index in [1.807, 2.05) is 35.0 Å². The minimum Gasteiger partial charge on any atom is -0.384 e. The van der Waals surface area contributed by atoms with Crippen LogP contribution in [-0.2, 0) is 6.42 Å². The van der Waals surface area contributed by atoms with Crippen LogP contribution < -0.4 is 5.32 Å². The monoisotopic (exact) mass is 333 g/mol. The minimum atomic E-state index is -0.384. The van der Waals surface area contributed by atoms with Crippen molar-refractivity contribution in [2.45, 2.75) is 6.42 Å². The molecule has 3 heterocycles. The lowest BCUT2D eigenvalue weighted by Crippen LogP contribution is -2.06. The largest absolute Gasteiger partial charge is 0.384 e. The van der Waals surface area contributed by atoms with Gasteiger partial charge in [0.1, 0.15) is 5.65 Å². The zero-order chi connectivity index (χ0) is 17.2. The Bertz CT molecular complexity index is 1040. The number of benzene rings is 1. The summed E-state index contributed by atoms with van der Waals surface area (Å²) in [6, 6.07) is 10.9. The first-order valence-corrected chi connectivity index (χ1v) is 7.90. The molecule has 25 heavy (non-hydrogen) atoms. The topological polar surface area (TPSA) is 85.4 Å². The Balaban J connectivity index is 1.55. The third-order valence-electron chi connectivity index (χ3n) is 4.10. The first-order valence-electron chi connectivity index (χ1n) is 7.90. The number of imidazole rings is 1. The van der Waals surface area contributed by atoms with Gasteiger partial charge in [-0.05, 0) is 24.3 Å². The molecule has 4 aromatic rings. The molecular formula is C18H15N5O2. The van der Waals surface area contributed by atoms with E-state index >= 15 is 0 Å². The summed E-state index contributed by atoms with van der Waals surface area (Å²) in [6.07, 6.45) is 7.90. The van der Waals surface area contributed by atoms with E-state index in [2.05, 4.69) is 15.3 Å². The van der Waals surface area contributed by atoms with Gasteiger partial charge in [-0.1, -0.05) is 6.07 Å². The number of rotatable bonds is 5. The van der Waals surface area contributed by atoms with Crippen molar-refractivity contribution in [3.8, 4) is 0 Å². The highest BCUT2D eigenvalue weighted by atomic mass is 16.6. The van der Waals surface area contributed by atoms with Crippen LogP contribution >= 0.6 is 0 Å². The first kappa shape index (κ1) is 15.1. The van der Waals surface area contributed by atoms with E-state index in [0.29, 0.717) is 11.9 Å². The summed E-state index contributed by atoms with van der Waals surface area (Å²) < 4.78 is 1.99. The van der Waals surface area contributed by atoms with Crippen molar-refractivity contribution in [2.24, 2.45) is 0 Å². The molecule has 3 aromatic heterocycles. The van der Waals surface area contributed by atoms with E-state index < -0.39 is 0 Å². The molecule has 0 amide bonds. The number of nitro groups is 1. The number of nitro benzene ring substituents is 1. The second kappa shape index (κ2) is 6.20. The highest BCUT2D eigenvalue weighted by Crippen LogP contribution is 2.30.